The topological polar surface area (TPSA) is 41.9 Å². The Morgan fingerprint density at radius 2 is 2.00 bits per heavy atom. The van der Waals surface area contributed by atoms with Crippen molar-refractivity contribution in [2.24, 2.45) is 0 Å². The molecule has 0 saturated carbocycles. The number of ether oxygens (including phenoxy) is 2. The molecule has 4 nitrogen and oxygen atoms in total. The van der Waals surface area contributed by atoms with E-state index in [1.54, 1.807) is 7.11 Å². The van der Waals surface area contributed by atoms with E-state index in [1.165, 1.54) is 5.56 Å². The Bertz CT molecular complexity index is 452. The second kappa shape index (κ2) is 10.2. The van der Waals surface area contributed by atoms with Crippen LogP contribution in [0, 0.1) is 12.3 Å². The van der Waals surface area contributed by atoms with E-state index in [1.807, 2.05) is 12.1 Å². The molecule has 1 N–H and O–H groups in total. The summed E-state index contributed by atoms with van der Waals surface area (Å²) in [5.74, 6) is 3.25. The van der Waals surface area contributed by atoms with E-state index in [0.29, 0.717) is 12.6 Å². The Balaban J connectivity index is 2.61. The van der Waals surface area contributed by atoms with Gasteiger partial charge in [-0.2, -0.15) is 0 Å². The van der Waals surface area contributed by atoms with Gasteiger partial charge >= 0.3 is 0 Å². The van der Waals surface area contributed by atoms with Crippen LogP contribution < -0.4 is 4.74 Å². The lowest BCUT2D eigenvalue weighted by Crippen LogP contribution is -2.39. The molecule has 0 saturated heterocycles. The fraction of sp³-hybridized carbons (Fsp3) is 0.556. The molecule has 0 aliphatic carbocycles. The molecule has 0 heterocycles. The van der Waals surface area contributed by atoms with Crippen molar-refractivity contribution in [1.82, 2.24) is 4.90 Å². The van der Waals surface area contributed by atoms with Gasteiger partial charge in [0, 0.05) is 19.1 Å². The molecule has 0 unspecified atom stereocenters. The SMILES string of the molecule is C#CCOC[C@@H](O)CN(Cc1ccc(OC)cc1)[C@@H](C)CC. The first kappa shape index (κ1) is 18.5. The molecule has 0 fully saturated rings. The summed E-state index contributed by atoms with van der Waals surface area (Å²) in [6, 6.07) is 8.39. The van der Waals surface area contributed by atoms with E-state index in [-0.39, 0.29) is 13.2 Å². The van der Waals surface area contributed by atoms with Crippen molar-refractivity contribution in [3.63, 3.8) is 0 Å². The number of methoxy groups -OCH3 is 1. The van der Waals surface area contributed by atoms with E-state index < -0.39 is 6.10 Å². The van der Waals surface area contributed by atoms with Crippen LogP contribution in [0.4, 0.5) is 0 Å². The first-order valence-corrected chi connectivity index (χ1v) is 7.66. The highest BCUT2D eigenvalue weighted by atomic mass is 16.5. The molecule has 2 atom stereocenters. The summed E-state index contributed by atoms with van der Waals surface area (Å²) < 4.78 is 10.4. The Morgan fingerprint density at radius 3 is 2.55 bits per heavy atom. The Kier molecular flexibility index (Phi) is 8.61. The Hall–Kier alpha value is -1.54. The summed E-state index contributed by atoms with van der Waals surface area (Å²) in [5.41, 5.74) is 1.19. The van der Waals surface area contributed by atoms with Crippen LogP contribution in [0.5, 0.6) is 5.75 Å². The smallest absolute Gasteiger partial charge is 0.118 e. The number of aliphatic hydroxyl groups is 1. The van der Waals surface area contributed by atoms with Crippen molar-refractivity contribution in [3.05, 3.63) is 29.8 Å². The molecule has 122 valence electrons. The van der Waals surface area contributed by atoms with Gasteiger partial charge in [0.05, 0.1) is 19.8 Å². The van der Waals surface area contributed by atoms with Gasteiger partial charge < -0.3 is 14.6 Å². The second-order valence-electron chi connectivity index (χ2n) is 5.41. The third-order valence-corrected chi connectivity index (χ3v) is 3.70. The third-order valence-electron chi connectivity index (χ3n) is 3.70. The molecule has 0 aromatic heterocycles. The predicted molar refractivity (Wildman–Crippen MR) is 88.8 cm³/mol. The zero-order chi connectivity index (χ0) is 16.4. The van der Waals surface area contributed by atoms with Crippen molar-refractivity contribution in [3.8, 4) is 18.1 Å². The lowest BCUT2D eigenvalue weighted by atomic mass is 10.1. The van der Waals surface area contributed by atoms with Crippen LogP contribution in [-0.2, 0) is 11.3 Å². The average molecular weight is 305 g/mol. The molecule has 0 amide bonds. The maximum atomic E-state index is 10.1. The summed E-state index contributed by atoms with van der Waals surface area (Å²) in [7, 11) is 1.66. The first-order chi connectivity index (χ1) is 10.6. The average Bonchev–Trinajstić information content (AvgIpc) is 2.54. The molecule has 0 bridgehead atoms. The van der Waals surface area contributed by atoms with Crippen LogP contribution in [0.15, 0.2) is 24.3 Å². The number of terminal acetylenes is 1. The standard InChI is InChI=1S/C18H27NO3/c1-5-11-22-14-17(20)13-19(15(3)6-2)12-16-7-9-18(21-4)10-8-16/h1,7-10,15,17,20H,6,11-14H2,2-4H3/t15-,17-/m0/s1. The highest BCUT2D eigenvalue weighted by Gasteiger charge is 2.17. The fourth-order valence-corrected chi connectivity index (χ4v) is 2.20. The van der Waals surface area contributed by atoms with E-state index >= 15 is 0 Å². The third kappa shape index (κ3) is 6.48. The van der Waals surface area contributed by atoms with E-state index in [2.05, 4.69) is 36.8 Å². The van der Waals surface area contributed by atoms with Gasteiger partial charge in [-0.05, 0) is 31.0 Å². The van der Waals surface area contributed by atoms with Gasteiger partial charge in [-0.3, -0.25) is 4.90 Å². The molecule has 0 spiro atoms. The number of benzene rings is 1. The Labute approximate surface area is 134 Å². The van der Waals surface area contributed by atoms with Crippen molar-refractivity contribution >= 4 is 0 Å². The van der Waals surface area contributed by atoms with E-state index in [9.17, 15) is 5.11 Å². The van der Waals surface area contributed by atoms with Crippen molar-refractivity contribution < 1.29 is 14.6 Å². The van der Waals surface area contributed by atoms with Crippen molar-refractivity contribution in [1.29, 1.82) is 0 Å². The monoisotopic (exact) mass is 305 g/mol. The van der Waals surface area contributed by atoms with Gasteiger partial charge in [0.1, 0.15) is 12.4 Å². The van der Waals surface area contributed by atoms with E-state index in [4.69, 9.17) is 15.9 Å². The molecule has 22 heavy (non-hydrogen) atoms. The van der Waals surface area contributed by atoms with Crippen LogP contribution in [0.2, 0.25) is 0 Å². The zero-order valence-corrected chi connectivity index (χ0v) is 13.8. The largest absolute Gasteiger partial charge is 0.497 e. The van der Waals surface area contributed by atoms with Crippen LogP contribution in [-0.4, -0.2) is 49.0 Å². The zero-order valence-electron chi connectivity index (χ0n) is 13.8. The number of hydrogen-bond acceptors (Lipinski definition) is 4. The van der Waals surface area contributed by atoms with E-state index in [0.717, 1.165) is 18.7 Å². The normalized spacial score (nSPS) is 13.6. The summed E-state index contributed by atoms with van der Waals surface area (Å²) >= 11 is 0. The molecular weight excluding hydrogens is 278 g/mol. The maximum absolute atomic E-state index is 10.1. The molecular formula is C18H27NO3. The van der Waals surface area contributed by atoms with Crippen LogP contribution in [0.3, 0.4) is 0 Å². The molecule has 0 radical (unpaired) electrons. The summed E-state index contributed by atoms with van der Waals surface area (Å²) in [4.78, 5) is 2.26. The Morgan fingerprint density at radius 1 is 1.32 bits per heavy atom. The summed E-state index contributed by atoms with van der Waals surface area (Å²) in [5, 5.41) is 10.1. The minimum atomic E-state index is -0.541. The van der Waals surface area contributed by atoms with Gasteiger partial charge in [-0.25, -0.2) is 0 Å². The van der Waals surface area contributed by atoms with Gasteiger partial charge in [-0.15, -0.1) is 6.42 Å². The maximum Gasteiger partial charge on any atom is 0.118 e. The molecule has 0 aliphatic heterocycles. The highest BCUT2D eigenvalue weighted by molar-refractivity contribution is 5.27. The molecule has 1 rings (SSSR count). The second-order valence-corrected chi connectivity index (χ2v) is 5.41. The van der Waals surface area contributed by atoms with Gasteiger partial charge in [0.15, 0.2) is 0 Å². The van der Waals surface area contributed by atoms with Crippen molar-refractivity contribution in [2.75, 3.05) is 26.9 Å². The lowest BCUT2D eigenvalue weighted by Gasteiger charge is -2.30. The first-order valence-electron chi connectivity index (χ1n) is 7.66. The molecule has 1 aromatic rings. The van der Waals surface area contributed by atoms with Gasteiger partial charge in [0.25, 0.3) is 0 Å². The van der Waals surface area contributed by atoms with Crippen molar-refractivity contribution in [2.45, 2.75) is 39.0 Å². The van der Waals surface area contributed by atoms with Crippen LogP contribution >= 0.6 is 0 Å². The molecule has 4 heteroatoms. The molecule has 1 aromatic carbocycles. The summed E-state index contributed by atoms with van der Waals surface area (Å²) in [6.45, 7) is 6.15. The quantitative estimate of drug-likeness (QED) is 0.532. The highest BCUT2D eigenvalue weighted by Crippen LogP contribution is 2.15. The van der Waals surface area contributed by atoms with Gasteiger partial charge in [-0.1, -0.05) is 25.0 Å². The fourth-order valence-electron chi connectivity index (χ4n) is 2.20. The minimum absolute atomic E-state index is 0.235. The summed E-state index contributed by atoms with van der Waals surface area (Å²) in [6.07, 6.45) is 5.62. The minimum Gasteiger partial charge on any atom is -0.497 e. The van der Waals surface area contributed by atoms with Crippen LogP contribution in [0.25, 0.3) is 0 Å². The van der Waals surface area contributed by atoms with Crippen LogP contribution in [0.1, 0.15) is 25.8 Å². The number of aliphatic hydroxyl groups excluding tert-OH is 1. The predicted octanol–water partition coefficient (Wildman–Crippen LogP) is 2.31. The number of nitrogens with zero attached hydrogens (tertiary/aromatic N) is 1. The van der Waals surface area contributed by atoms with Gasteiger partial charge in [0.2, 0.25) is 0 Å². The molecule has 0 aliphatic rings. The number of rotatable bonds is 10. The number of hydrogen-bond donors (Lipinski definition) is 1. The lowest BCUT2D eigenvalue weighted by molar-refractivity contribution is 0.0170.